The van der Waals surface area contributed by atoms with Gasteiger partial charge in [0.25, 0.3) is 0 Å². The minimum atomic E-state index is 0.334. The fraction of sp³-hybridized carbons (Fsp3) is 0.929. The normalized spacial score (nSPS) is 37.8. The number of hydrogen-bond acceptors (Lipinski definition) is 1. The summed E-state index contributed by atoms with van der Waals surface area (Å²) in [6, 6.07) is 0. The standard InChI is InChI=1S/C14H25NO/c1-10(2)11-5-6-14(7-11)8-12(9-14)13(16)15(3)4/h10-12H,5-9H2,1-4H3. The van der Waals surface area contributed by atoms with Crippen molar-refractivity contribution in [3.8, 4) is 0 Å². The highest BCUT2D eigenvalue weighted by atomic mass is 16.2. The average molecular weight is 223 g/mol. The molecule has 1 amide bonds. The Kier molecular flexibility index (Phi) is 3.02. The molecule has 0 aromatic heterocycles. The SMILES string of the molecule is CC(C)C1CCC2(CC(C(=O)N(C)C)C2)C1. The molecule has 1 atom stereocenters. The molecule has 0 aromatic rings. The van der Waals surface area contributed by atoms with Crippen LogP contribution in [0.3, 0.4) is 0 Å². The maximum Gasteiger partial charge on any atom is 0.225 e. The molecular formula is C14H25NO. The van der Waals surface area contributed by atoms with E-state index >= 15 is 0 Å². The summed E-state index contributed by atoms with van der Waals surface area (Å²) in [5, 5.41) is 0. The predicted molar refractivity (Wildman–Crippen MR) is 66.0 cm³/mol. The summed E-state index contributed by atoms with van der Waals surface area (Å²) in [4.78, 5) is 13.6. The summed E-state index contributed by atoms with van der Waals surface area (Å²) < 4.78 is 0. The molecule has 16 heavy (non-hydrogen) atoms. The van der Waals surface area contributed by atoms with Crippen LogP contribution in [0.1, 0.15) is 46.0 Å². The van der Waals surface area contributed by atoms with Gasteiger partial charge in [-0.3, -0.25) is 4.79 Å². The molecule has 0 N–H and O–H groups in total. The molecule has 2 fully saturated rings. The van der Waals surface area contributed by atoms with E-state index in [0.717, 1.165) is 24.7 Å². The van der Waals surface area contributed by atoms with Crippen molar-refractivity contribution in [1.82, 2.24) is 4.90 Å². The van der Waals surface area contributed by atoms with Crippen LogP contribution >= 0.6 is 0 Å². The third-order valence-electron chi connectivity index (χ3n) is 4.83. The fourth-order valence-electron chi connectivity index (χ4n) is 3.72. The zero-order chi connectivity index (χ0) is 11.9. The average Bonchev–Trinajstić information content (AvgIpc) is 2.58. The van der Waals surface area contributed by atoms with Gasteiger partial charge < -0.3 is 4.90 Å². The number of nitrogens with zero attached hydrogens (tertiary/aromatic N) is 1. The Balaban J connectivity index is 1.86. The van der Waals surface area contributed by atoms with Crippen molar-refractivity contribution in [3.05, 3.63) is 0 Å². The fourth-order valence-corrected chi connectivity index (χ4v) is 3.72. The first kappa shape index (κ1) is 11.9. The molecule has 2 aliphatic carbocycles. The first-order chi connectivity index (χ1) is 7.43. The second-order valence-electron chi connectivity index (χ2n) is 6.58. The molecule has 2 aliphatic rings. The van der Waals surface area contributed by atoms with E-state index in [2.05, 4.69) is 13.8 Å². The number of hydrogen-bond donors (Lipinski definition) is 0. The van der Waals surface area contributed by atoms with Gasteiger partial charge in [0, 0.05) is 20.0 Å². The van der Waals surface area contributed by atoms with Gasteiger partial charge in [0.05, 0.1) is 0 Å². The first-order valence-electron chi connectivity index (χ1n) is 6.65. The quantitative estimate of drug-likeness (QED) is 0.705. The Hall–Kier alpha value is -0.530. The van der Waals surface area contributed by atoms with E-state index in [-0.39, 0.29) is 0 Å². The third kappa shape index (κ3) is 1.99. The van der Waals surface area contributed by atoms with E-state index < -0.39 is 0 Å². The lowest BCUT2D eigenvalue weighted by molar-refractivity contribution is -0.140. The van der Waals surface area contributed by atoms with Crippen LogP contribution in [0.15, 0.2) is 0 Å². The lowest BCUT2D eigenvalue weighted by atomic mass is 9.60. The van der Waals surface area contributed by atoms with Crippen LogP contribution in [0, 0.1) is 23.2 Å². The Morgan fingerprint density at radius 3 is 2.31 bits per heavy atom. The van der Waals surface area contributed by atoms with Crippen LogP contribution < -0.4 is 0 Å². The van der Waals surface area contributed by atoms with Crippen molar-refractivity contribution in [2.24, 2.45) is 23.2 Å². The highest BCUT2D eigenvalue weighted by Crippen LogP contribution is 2.59. The zero-order valence-corrected chi connectivity index (χ0v) is 11.1. The van der Waals surface area contributed by atoms with Gasteiger partial charge in [-0.05, 0) is 49.4 Å². The molecule has 2 nitrogen and oxygen atoms in total. The Labute approximate surface area is 99.4 Å². The second kappa shape index (κ2) is 4.05. The van der Waals surface area contributed by atoms with Gasteiger partial charge in [-0.2, -0.15) is 0 Å². The second-order valence-corrected chi connectivity index (χ2v) is 6.58. The molecule has 92 valence electrons. The van der Waals surface area contributed by atoms with Gasteiger partial charge in [0.2, 0.25) is 5.91 Å². The molecule has 0 saturated heterocycles. The van der Waals surface area contributed by atoms with E-state index in [1.165, 1.54) is 19.3 Å². The van der Waals surface area contributed by atoms with E-state index in [0.29, 0.717) is 17.2 Å². The minimum Gasteiger partial charge on any atom is -0.349 e. The van der Waals surface area contributed by atoms with Crippen molar-refractivity contribution in [1.29, 1.82) is 0 Å². The van der Waals surface area contributed by atoms with Gasteiger partial charge in [-0.25, -0.2) is 0 Å². The molecule has 0 aliphatic heterocycles. The smallest absolute Gasteiger partial charge is 0.225 e. The molecule has 0 bridgehead atoms. The van der Waals surface area contributed by atoms with Crippen molar-refractivity contribution in [2.45, 2.75) is 46.0 Å². The van der Waals surface area contributed by atoms with Gasteiger partial charge in [-0.1, -0.05) is 13.8 Å². The summed E-state index contributed by atoms with van der Waals surface area (Å²) in [5.41, 5.74) is 0.561. The number of carbonyl (C=O) groups excluding carboxylic acids is 1. The van der Waals surface area contributed by atoms with Crippen LogP contribution in [-0.2, 0) is 4.79 Å². The van der Waals surface area contributed by atoms with Crippen LogP contribution in [0.5, 0.6) is 0 Å². The Bertz CT molecular complexity index is 276. The van der Waals surface area contributed by atoms with E-state index in [1.807, 2.05) is 14.1 Å². The summed E-state index contributed by atoms with van der Waals surface area (Å²) >= 11 is 0. The van der Waals surface area contributed by atoms with Crippen molar-refractivity contribution in [3.63, 3.8) is 0 Å². The topological polar surface area (TPSA) is 20.3 Å². The van der Waals surface area contributed by atoms with Crippen molar-refractivity contribution in [2.75, 3.05) is 14.1 Å². The first-order valence-corrected chi connectivity index (χ1v) is 6.65. The van der Waals surface area contributed by atoms with Gasteiger partial charge in [-0.15, -0.1) is 0 Å². The summed E-state index contributed by atoms with van der Waals surface area (Å²) in [5.74, 6) is 2.41. The molecule has 0 aromatic carbocycles. The van der Waals surface area contributed by atoms with Gasteiger partial charge in [0.1, 0.15) is 0 Å². The zero-order valence-electron chi connectivity index (χ0n) is 11.1. The number of amides is 1. The molecule has 1 spiro atoms. The van der Waals surface area contributed by atoms with Crippen LogP contribution in [0.25, 0.3) is 0 Å². The van der Waals surface area contributed by atoms with E-state index in [4.69, 9.17) is 0 Å². The molecular weight excluding hydrogens is 198 g/mol. The maximum atomic E-state index is 11.8. The van der Waals surface area contributed by atoms with Gasteiger partial charge >= 0.3 is 0 Å². The van der Waals surface area contributed by atoms with Crippen molar-refractivity contribution >= 4 is 5.91 Å². The summed E-state index contributed by atoms with van der Waals surface area (Å²) in [6.45, 7) is 4.68. The molecule has 2 heteroatoms. The maximum absolute atomic E-state index is 11.8. The molecule has 2 rings (SSSR count). The van der Waals surface area contributed by atoms with E-state index in [9.17, 15) is 4.79 Å². The van der Waals surface area contributed by atoms with Crippen LogP contribution in [0.2, 0.25) is 0 Å². The van der Waals surface area contributed by atoms with Crippen molar-refractivity contribution < 1.29 is 4.79 Å². The monoisotopic (exact) mass is 223 g/mol. The predicted octanol–water partition coefficient (Wildman–Crippen LogP) is 2.93. The largest absolute Gasteiger partial charge is 0.349 e. The Morgan fingerprint density at radius 2 is 1.88 bits per heavy atom. The minimum absolute atomic E-state index is 0.334. The Morgan fingerprint density at radius 1 is 1.25 bits per heavy atom. The lowest BCUT2D eigenvalue weighted by Gasteiger charge is -2.45. The highest BCUT2D eigenvalue weighted by molar-refractivity contribution is 5.79. The number of rotatable bonds is 2. The van der Waals surface area contributed by atoms with Gasteiger partial charge in [0.15, 0.2) is 0 Å². The lowest BCUT2D eigenvalue weighted by Crippen LogP contribution is -2.44. The molecule has 1 unspecified atom stereocenters. The summed E-state index contributed by atoms with van der Waals surface area (Å²) in [7, 11) is 3.75. The highest BCUT2D eigenvalue weighted by Gasteiger charge is 2.51. The molecule has 0 radical (unpaired) electrons. The molecule has 0 heterocycles. The van der Waals surface area contributed by atoms with Crippen LogP contribution in [0.4, 0.5) is 0 Å². The third-order valence-corrected chi connectivity index (χ3v) is 4.83. The van der Waals surface area contributed by atoms with E-state index in [1.54, 1.807) is 4.90 Å². The summed E-state index contributed by atoms with van der Waals surface area (Å²) in [6.07, 6.45) is 6.45. The van der Waals surface area contributed by atoms with Crippen LogP contribution in [-0.4, -0.2) is 24.9 Å². The molecule has 2 saturated carbocycles. The number of carbonyl (C=O) groups is 1.